The normalized spacial score (nSPS) is 10.2. The van der Waals surface area contributed by atoms with E-state index in [2.05, 4.69) is 5.32 Å². The van der Waals surface area contributed by atoms with E-state index in [0.717, 1.165) is 29.2 Å². The van der Waals surface area contributed by atoms with E-state index < -0.39 is 0 Å². The van der Waals surface area contributed by atoms with E-state index in [1.165, 1.54) is 0 Å². The van der Waals surface area contributed by atoms with Crippen LogP contribution in [0.3, 0.4) is 0 Å². The molecule has 0 aromatic heterocycles. The van der Waals surface area contributed by atoms with Crippen LogP contribution in [0, 0.1) is 6.92 Å². The Balaban J connectivity index is 1.56. The van der Waals surface area contributed by atoms with Crippen molar-refractivity contribution in [2.45, 2.75) is 13.3 Å². The number of rotatable bonds is 8. The fraction of sp³-hybridized carbons (Fsp3) is 0.278. The summed E-state index contributed by atoms with van der Waals surface area (Å²) >= 11 is 1.63. The molecule has 0 spiro atoms. The number of carbonyl (C=O) groups is 1. The predicted octanol–water partition coefficient (Wildman–Crippen LogP) is 4.14. The first-order valence-corrected chi connectivity index (χ1v) is 8.51. The third-order valence-corrected chi connectivity index (χ3v) is 4.02. The maximum absolute atomic E-state index is 11.8. The minimum atomic E-state index is 0.0413. The van der Waals surface area contributed by atoms with Gasteiger partial charge in [0, 0.05) is 5.69 Å². The van der Waals surface area contributed by atoms with Gasteiger partial charge in [-0.3, -0.25) is 4.79 Å². The van der Waals surface area contributed by atoms with E-state index in [0.29, 0.717) is 12.4 Å². The molecule has 2 aromatic rings. The van der Waals surface area contributed by atoms with E-state index >= 15 is 0 Å². The van der Waals surface area contributed by atoms with Crippen LogP contribution in [0.1, 0.15) is 12.0 Å². The molecule has 3 nitrogen and oxygen atoms in total. The molecular formula is C18H21NO2S. The Bertz CT molecular complexity index is 587. The van der Waals surface area contributed by atoms with Crippen molar-refractivity contribution in [3.63, 3.8) is 0 Å². The lowest BCUT2D eigenvalue weighted by atomic mass is 10.2. The molecule has 0 aliphatic rings. The van der Waals surface area contributed by atoms with Gasteiger partial charge in [-0.2, -0.15) is 11.8 Å². The molecule has 0 fully saturated rings. The summed E-state index contributed by atoms with van der Waals surface area (Å²) in [7, 11) is 0. The van der Waals surface area contributed by atoms with E-state index in [-0.39, 0.29) is 5.91 Å². The highest BCUT2D eigenvalue weighted by Gasteiger charge is 2.02. The van der Waals surface area contributed by atoms with Crippen LogP contribution in [0.15, 0.2) is 54.6 Å². The van der Waals surface area contributed by atoms with E-state index in [9.17, 15) is 4.79 Å². The van der Waals surface area contributed by atoms with Gasteiger partial charge in [0.15, 0.2) is 0 Å². The second-order valence-electron chi connectivity index (χ2n) is 4.99. The Kier molecular flexibility index (Phi) is 6.84. The van der Waals surface area contributed by atoms with Gasteiger partial charge in [0.05, 0.1) is 12.4 Å². The van der Waals surface area contributed by atoms with Crippen molar-refractivity contribution in [1.82, 2.24) is 0 Å². The average molecular weight is 315 g/mol. The van der Waals surface area contributed by atoms with Gasteiger partial charge in [-0.1, -0.05) is 30.3 Å². The standard InChI is InChI=1S/C18H21NO2S/c1-15-7-5-8-16(13-15)19-18(20)14-22-12-6-11-21-17-9-3-2-4-10-17/h2-5,7-10,13H,6,11-12,14H2,1H3,(H,19,20). The molecule has 0 saturated heterocycles. The van der Waals surface area contributed by atoms with Crippen molar-refractivity contribution in [3.8, 4) is 5.75 Å². The molecule has 0 aliphatic carbocycles. The molecule has 0 unspecified atom stereocenters. The van der Waals surface area contributed by atoms with Crippen LogP contribution in [0.4, 0.5) is 5.69 Å². The molecular weight excluding hydrogens is 294 g/mol. The van der Waals surface area contributed by atoms with E-state index in [1.807, 2.05) is 61.5 Å². The zero-order chi connectivity index (χ0) is 15.6. The van der Waals surface area contributed by atoms with Crippen LogP contribution in [0.2, 0.25) is 0 Å². The third-order valence-electron chi connectivity index (χ3n) is 2.98. The molecule has 0 aliphatic heterocycles. The summed E-state index contributed by atoms with van der Waals surface area (Å²) in [5, 5.41) is 2.91. The SMILES string of the molecule is Cc1cccc(NC(=O)CSCCCOc2ccccc2)c1. The van der Waals surface area contributed by atoms with Crippen LogP contribution in [-0.2, 0) is 4.79 Å². The largest absolute Gasteiger partial charge is 0.494 e. The number of nitrogens with one attached hydrogen (secondary N) is 1. The third kappa shape index (κ3) is 6.22. The molecule has 0 atom stereocenters. The molecule has 1 amide bonds. The maximum atomic E-state index is 11.8. The summed E-state index contributed by atoms with van der Waals surface area (Å²) < 4.78 is 5.61. The molecule has 116 valence electrons. The van der Waals surface area contributed by atoms with Crippen LogP contribution < -0.4 is 10.1 Å². The number of aryl methyl sites for hydroxylation is 1. The van der Waals surface area contributed by atoms with Crippen molar-refractivity contribution in [1.29, 1.82) is 0 Å². The molecule has 0 bridgehead atoms. The van der Waals surface area contributed by atoms with Gasteiger partial charge in [-0.05, 0) is 48.9 Å². The molecule has 0 saturated carbocycles. The lowest BCUT2D eigenvalue weighted by molar-refractivity contribution is -0.113. The first-order valence-electron chi connectivity index (χ1n) is 7.36. The number of thioether (sulfide) groups is 1. The number of amides is 1. The van der Waals surface area contributed by atoms with Crippen LogP contribution >= 0.6 is 11.8 Å². The number of hydrogen-bond acceptors (Lipinski definition) is 3. The molecule has 0 heterocycles. The summed E-state index contributed by atoms with van der Waals surface area (Å²) in [4.78, 5) is 11.8. The monoisotopic (exact) mass is 315 g/mol. The lowest BCUT2D eigenvalue weighted by Gasteiger charge is -2.07. The van der Waals surface area contributed by atoms with Crippen LogP contribution in [0.5, 0.6) is 5.75 Å². The maximum Gasteiger partial charge on any atom is 0.234 e. The van der Waals surface area contributed by atoms with Crippen molar-refractivity contribution in [3.05, 3.63) is 60.2 Å². The molecule has 1 N–H and O–H groups in total. The summed E-state index contributed by atoms with van der Waals surface area (Å²) in [6.45, 7) is 2.69. The highest BCUT2D eigenvalue weighted by Crippen LogP contribution is 2.12. The van der Waals surface area contributed by atoms with E-state index in [1.54, 1.807) is 11.8 Å². The summed E-state index contributed by atoms with van der Waals surface area (Å²) in [5.74, 6) is 2.32. The van der Waals surface area contributed by atoms with E-state index in [4.69, 9.17) is 4.74 Å². The van der Waals surface area contributed by atoms with Gasteiger partial charge in [0.25, 0.3) is 0 Å². The number of anilines is 1. The zero-order valence-electron chi connectivity index (χ0n) is 12.7. The quantitative estimate of drug-likeness (QED) is 0.744. The van der Waals surface area contributed by atoms with Gasteiger partial charge in [-0.25, -0.2) is 0 Å². The zero-order valence-corrected chi connectivity index (χ0v) is 13.6. The molecule has 4 heteroatoms. The average Bonchev–Trinajstić information content (AvgIpc) is 2.52. The second-order valence-corrected chi connectivity index (χ2v) is 6.09. The van der Waals surface area contributed by atoms with Gasteiger partial charge < -0.3 is 10.1 Å². The van der Waals surface area contributed by atoms with Gasteiger partial charge >= 0.3 is 0 Å². The van der Waals surface area contributed by atoms with Crippen molar-refractivity contribution in [2.75, 3.05) is 23.4 Å². The van der Waals surface area contributed by atoms with Crippen molar-refractivity contribution >= 4 is 23.4 Å². The first kappa shape index (κ1) is 16.4. The Hall–Kier alpha value is -1.94. The Morgan fingerprint density at radius 1 is 1.14 bits per heavy atom. The summed E-state index contributed by atoms with van der Waals surface area (Å²) in [6, 6.07) is 17.6. The summed E-state index contributed by atoms with van der Waals surface area (Å²) in [6.07, 6.45) is 0.928. The topological polar surface area (TPSA) is 38.3 Å². The van der Waals surface area contributed by atoms with Gasteiger partial charge in [0.2, 0.25) is 5.91 Å². The smallest absolute Gasteiger partial charge is 0.234 e. The predicted molar refractivity (Wildman–Crippen MR) is 93.7 cm³/mol. The highest BCUT2D eigenvalue weighted by atomic mass is 32.2. The molecule has 2 rings (SSSR count). The Labute approximate surface area is 136 Å². The fourth-order valence-corrected chi connectivity index (χ4v) is 2.68. The number of ether oxygens (including phenoxy) is 1. The number of carbonyl (C=O) groups excluding carboxylic acids is 1. The van der Waals surface area contributed by atoms with Crippen molar-refractivity contribution < 1.29 is 9.53 Å². The minimum Gasteiger partial charge on any atom is -0.494 e. The highest BCUT2D eigenvalue weighted by molar-refractivity contribution is 7.99. The second kappa shape index (κ2) is 9.15. The van der Waals surface area contributed by atoms with Gasteiger partial charge in [-0.15, -0.1) is 0 Å². The Morgan fingerprint density at radius 2 is 1.95 bits per heavy atom. The number of benzene rings is 2. The fourth-order valence-electron chi connectivity index (χ4n) is 1.95. The van der Waals surface area contributed by atoms with Crippen molar-refractivity contribution in [2.24, 2.45) is 0 Å². The number of para-hydroxylation sites is 1. The molecule has 2 aromatic carbocycles. The number of hydrogen-bond donors (Lipinski definition) is 1. The molecule has 22 heavy (non-hydrogen) atoms. The first-order chi connectivity index (χ1) is 10.7. The van der Waals surface area contributed by atoms with Crippen LogP contribution in [-0.4, -0.2) is 24.0 Å². The minimum absolute atomic E-state index is 0.0413. The molecule has 0 radical (unpaired) electrons. The lowest BCUT2D eigenvalue weighted by Crippen LogP contribution is -2.14. The summed E-state index contributed by atoms with van der Waals surface area (Å²) in [5.41, 5.74) is 2.00. The van der Waals surface area contributed by atoms with Crippen LogP contribution in [0.25, 0.3) is 0 Å². The van der Waals surface area contributed by atoms with Gasteiger partial charge in [0.1, 0.15) is 5.75 Å². The Morgan fingerprint density at radius 3 is 2.73 bits per heavy atom.